The van der Waals surface area contributed by atoms with Crippen LogP contribution in [0.3, 0.4) is 0 Å². The number of nitrogens with one attached hydrogen (secondary N) is 2. The normalized spacial score (nSPS) is 11.4. The quantitative estimate of drug-likeness (QED) is 0.380. The van der Waals surface area contributed by atoms with Crippen molar-refractivity contribution in [2.75, 3.05) is 0 Å². The molecule has 6 aromatic rings. The molecule has 0 radical (unpaired) electrons. The van der Waals surface area contributed by atoms with Gasteiger partial charge in [0.2, 0.25) is 0 Å². The molecule has 0 aromatic carbocycles. The summed E-state index contributed by atoms with van der Waals surface area (Å²) in [5, 5.41) is 8.44. The molecule has 0 atom stereocenters. The fraction of sp³-hybridized carbons (Fsp3) is 0.0435. The van der Waals surface area contributed by atoms with Gasteiger partial charge in [-0.1, -0.05) is 0 Å². The molecule has 0 saturated heterocycles. The van der Waals surface area contributed by atoms with Crippen LogP contribution < -0.4 is 0 Å². The number of imidazole rings is 1. The summed E-state index contributed by atoms with van der Waals surface area (Å²) in [4.78, 5) is 34.5. The highest BCUT2D eigenvalue weighted by Crippen LogP contribution is 2.34. The number of pyridine rings is 3. The molecule has 0 bridgehead atoms. The van der Waals surface area contributed by atoms with Gasteiger partial charge in [0.05, 0.1) is 34.0 Å². The van der Waals surface area contributed by atoms with E-state index < -0.39 is 0 Å². The molecule has 9 heteroatoms. The maximum atomic E-state index is 11.7. The summed E-state index contributed by atoms with van der Waals surface area (Å²) in [6.45, 7) is 1.57. The second-order valence-corrected chi connectivity index (χ2v) is 8.40. The summed E-state index contributed by atoms with van der Waals surface area (Å²) in [7, 11) is 0. The minimum atomic E-state index is 0.0469. The molecule has 0 spiro atoms. The van der Waals surface area contributed by atoms with Crippen LogP contribution in [0, 0.1) is 0 Å². The van der Waals surface area contributed by atoms with E-state index in [0.717, 1.165) is 43.6 Å². The molecule has 6 heterocycles. The summed E-state index contributed by atoms with van der Waals surface area (Å²) in [5.74, 6) is 0.682. The standard InChI is InChI=1S/C23H15N7OS/c1-12(31)19-2-3-20(32-19)15-9-25-10-18-21(15)28-23(27-18)22-14-8-16(13-4-6-24-7-5-13)26-11-17(14)29-30-22/h2-11H,1H3,(H,27,28)(H,29,30). The molecule has 0 amide bonds. The minimum absolute atomic E-state index is 0.0469. The Labute approximate surface area is 185 Å². The number of carbonyl (C=O) groups is 1. The van der Waals surface area contributed by atoms with Crippen molar-refractivity contribution >= 4 is 39.1 Å². The monoisotopic (exact) mass is 437 g/mol. The molecular formula is C23H15N7OS. The molecular weight excluding hydrogens is 422 g/mol. The molecule has 0 unspecified atom stereocenters. The third-order valence-corrected chi connectivity index (χ3v) is 6.48. The number of aromatic nitrogens is 7. The molecule has 154 valence electrons. The van der Waals surface area contributed by atoms with Gasteiger partial charge in [-0.3, -0.25) is 24.8 Å². The van der Waals surface area contributed by atoms with Crippen molar-refractivity contribution in [3.05, 3.63) is 66.2 Å². The number of aromatic amines is 2. The topological polar surface area (TPSA) is 113 Å². The van der Waals surface area contributed by atoms with Crippen LogP contribution in [0.25, 0.3) is 55.2 Å². The molecule has 6 rings (SSSR count). The number of carbonyl (C=O) groups excluding carboxylic acids is 1. The van der Waals surface area contributed by atoms with E-state index in [9.17, 15) is 4.79 Å². The molecule has 0 fully saturated rings. The van der Waals surface area contributed by atoms with E-state index in [1.165, 1.54) is 11.3 Å². The van der Waals surface area contributed by atoms with Crippen LogP contribution in [0.1, 0.15) is 16.6 Å². The number of hydrogen-bond acceptors (Lipinski definition) is 7. The Kier molecular flexibility index (Phi) is 4.15. The summed E-state index contributed by atoms with van der Waals surface area (Å²) in [6.07, 6.45) is 8.78. The van der Waals surface area contributed by atoms with Crippen molar-refractivity contribution in [3.8, 4) is 33.2 Å². The molecule has 32 heavy (non-hydrogen) atoms. The minimum Gasteiger partial charge on any atom is -0.335 e. The van der Waals surface area contributed by atoms with Gasteiger partial charge in [0, 0.05) is 40.0 Å². The Bertz CT molecular complexity index is 1610. The zero-order valence-electron chi connectivity index (χ0n) is 16.8. The lowest BCUT2D eigenvalue weighted by Crippen LogP contribution is -1.85. The molecule has 0 aliphatic rings. The van der Waals surface area contributed by atoms with Crippen LogP contribution in [0.15, 0.2) is 61.3 Å². The number of fused-ring (bicyclic) bond motifs is 2. The number of thiophene rings is 1. The number of hydrogen-bond donors (Lipinski definition) is 2. The van der Waals surface area contributed by atoms with Gasteiger partial charge >= 0.3 is 0 Å². The lowest BCUT2D eigenvalue weighted by atomic mass is 10.1. The highest BCUT2D eigenvalue weighted by molar-refractivity contribution is 7.17. The van der Waals surface area contributed by atoms with Crippen LogP contribution in [0.2, 0.25) is 0 Å². The van der Waals surface area contributed by atoms with E-state index >= 15 is 0 Å². The number of Topliss-reactive ketones (excluding diaryl/α,β-unsaturated/α-hetero) is 1. The predicted molar refractivity (Wildman–Crippen MR) is 123 cm³/mol. The SMILES string of the molecule is CC(=O)c1ccc(-c2cncc3[nH]c(-c4n[nH]c5cnc(-c6ccncc6)cc45)nc23)s1. The van der Waals surface area contributed by atoms with Crippen molar-refractivity contribution in [1.29, 1.82) is 0 Å². The van der Waals surface area contributed by atoms with E-state index in [0.29, 0.717) is 16.4 Å². The van der Waals surface area contributed by atoms with E-state index in [2.05, 4.69) is 30.1 Å². The van der Waals surface area contributed by atoms with Crippen molar-refractivity contribution in [1.82, 2.24) is 35.1 Å². The number of H-pyrrole nitrogens is 2. The second-order valence-electron chi connectivity index (χ2n) is 7.31. The van der Waals surface area contributed by atoms with Gasteiger partial charge in [-0.15, -0.1) is 11.3 Å². The number of ketones is 1. The fourth-order valence-corrected chi connectivity index (χ4v) is 4.59. The van der Waals surface area contributed by atoms with E-state index in [1.54, 1.807) is 37.9 Å². The van der Waals surface area contributed by atoms with E-state index in [4.69, 9.17) is 4.98 Å². The Balaban J connectivity index is 1.49. The average molecular weight is 437 g/mol. The Morgan fingerprint density at radius 3 is 2.69 bits per heavy atom. The van der Waals surface area contributed by atoms with Gasteiger partial charge in [0.25, 0.3) is 0 Å². The molecule has 0 aliphatic heterocycles. The van der Waals surface area contributed by atoms with Gasteiger partial charge in [-0.05, 0) is 37.3 Å². The highest BCUT2D eigenvalue weighted by Gasteiger charge is 2.17. The summed E-state index contributed by atoms with van der Waals surface area (Å²) >= 11 is 1.44. The molecule has 0 aliphatic carbocycles. The van der Waals surface area contributed by atoms with Crippen LogP contribution in [0.5, 0.6) is 0 Å². The maximum Gasteiger partial charge on any atom is 0.169 e. The predicted octanol–water partition coefficient (Wildman–Crippen LogP) is 4.89. The lowest BCUT2D eigenvalue weighted by molar-refractivity contribution is 0.102. The Hall–Kier alpha value is -4.24. The van der Waals surface area contributed by atoms with Crippen molar-refractivity contribution in [2.45, 2.75) is 6.92 Å². The summed E-state index contributed by atoms with van der Waals surface area (Å²) in [6, 6.07) is 9.60. The zero-order chi connectivity index (χ0) is 21.7. The van der Waals surface area contributed by atoms with Crippen molar-refractivity contribution in [3.63, 3.8) is 0 Å². The molecule has 8 nitrogen and oxygen atoms in total. The van der Waals surface area contributed by atoms with E-state index in [-0.39, 0.29) is 5.78 Å². The van der Waals surface area contributed by atoms with Crippen LogP contribution >= 0.6 is 11.3 Å². The van der Waals surface area contributed by atoms with Gasteiger partial charge in [0.1, 0.15) is 11.2 Å². The smallest absolute Gasteiger partial charge is 0.169 e. The molecule has 6 aromatic heterocycles. The lowest BCUT2D eigenvalue weighted by Gasteiger charge is -2.00. The highest BCUT2D eigenvalue weighted by atomic mass is 32.1. The molecule has 2 N–H and O–H groups in total. The van der Waals surface area contributed by atoms with Gasteiger partial charge in [-0.25, -0.2) is 4.98 Å². The van der Waals surface area contributed by atoms with Crippen LogP contribution in [-0.4, -0.2) is 40.9 Å². The first kappa shape index (κ1) is 18.5. The zero-order valence-corrected chi connectivity index (χ0v) is 17.6. The largest absolute Gasteiger partial charge is 0.335 e. The first-order valence-corrected chi connectivity index (χ1v) is 10.7. The van der Waals surface area contributed by atoms with Gasteiger partial charge < -0.3 is 4.98 Å². The number of rotatable bonds is 4. The van der Waals surface area contributed by atoms with E-state index in [1.807, 2.05) is 30.3 Å². The maximum absolute atomic E-state index is 11.7. The summed E-state index contributed by atoms with van der Waals surface area (Å²) < 4.78 is 0. The Morgan fingerprint density at radius 1 is 1.00 bits per heavy atom. The van der Waals surface area contributed by atoms with Gasteiger partial charge in [-0.2, -0.15) is 5.10 Å². The molecule has 0 saturated carbocycles. The first-order chi connectivity index (χ1) is 15.7. The second kappa shape index (κ2) is 7.17. The fourth-order valence-electron chi connectivity index (χ4n) is 3.68. The van der Waals surface area contributed by atoms with Crippen molar-refractivity contribution in [2.24, 2.45) is 0 Å². The van der Waals surface area contributed by atoms with Crippen molar-refractivity contribution < 1.29 is 4.79 Å². The first-order valence-electron chi connectivity index (χ1n) is 9.87. The van der Waals surface area contributed by atoms with Crippen LogP contribution in [-0.2, 0) is 0 Å². The number of nitrogens with zero attached hydrogens (tertiary/aromatic N) is 5. The Morgan fingerprint density at radius 2 is 1.88 bits per heavy atom. The van der Waals surface area contributed by atoms with Gasteiger partial charge in [0.15, 0.2) is 11.6 Å². The van der Waals surface area contributed by atoms with Crippen LogP contribution in [0.4, 0.5) is 0 Å². The third kappa shape index (κ3) is 2.98. The average Bonchev–Trinajstić information content (AvgIpc) is 3.56. The summed E-state index contributed by atoms with van der Waals surface area (Å²) in [5.41, 5.74) is 5.79. The third-order valence-electron chi connectivity index (χ3n) is 5.26.